The summed E-state index contributed by atoms with van der Waals surface area (Å²) in [4.78, 5) is 40.1. The summed E-state index contributed by atoms with van der Waals surface area (Å²) in [5.41, 5.74) is 2.19. The molecule has 1 heterocycles. The average molecular weight is 509 g/mol. The number of halogens is 2. The Kier molecular flexibility index (Phi) is 7.74. The van der Waals surface area contributed by atoms with Crippen molar-refractivity contribution in [1.29, 1.82) is 0 Å². The van der Waals surface area contributed by atoms with E-state index in [2.05, 4.69) is 5.32 Å². The molecule has 0 bridgehead atoms. The topological polar surface area (TPSA) is 114 Å². The third-order valence-electron chi connectivity index (χ3n) is 4.99. The molecule has 0 fully saturated rings. The number of nitrogens with two attached hydrogens (primary N) is 1. The van der Waals surface area contributed by atoms with Gasteiger partial charge in [0.25, 0.3) is 11.8 Å². The van der Waals surface area contributed by atoms with Gasteiger partial charge in [0, 0.05) is 21.2 Å². The number of hydrogen-bond acceptors (Lipinski definition) is 6. The quantitative estimate of drug-likeness (QED) is 0.327. The molecule has 1 atom stereocenters. The molecule has 11 heteroatoms. The number of carbonyl (C=O) groups is 3. The van der Waals surface area contributed by atoms with E-state index in [1.54, 1.807) is 45.0 Å². The van der Waals surface area contributed by atoms with Crippen LogP contribution in [0.25, 0.3) is 0 Å². The van der Waals surface area contributed by atoms with Crippen LogP contribution in [0, 0.1) is 12.7 Å². The first-order chi connectivity index (χ1) is 15.9. The van der Waals surface area contributed by atoms with Crippen LogP contribution in [0.2, 0.25) is 5.02 Å². The molecular formula is C23H26ClFN4O4S. The van der Waals surface area contributed by atoms with Crippen molar-refractivity contribution in [3.8, 4) is 0 Å². The Morgan fingerprint density at radius 3 is 2.53 bits per heavy atom. The number of alkyl carbamates (subject to hydrolysis) is 1. The normalized spacial score (nSPS) is 15.9. The van der Waals surface area contributed by atoms with Crippen molar-refractivity contribution in [3.63, 3.8) is 0 Å². The standard InChI is InChI=1S/C23H26ClFN4O4S/c1-12-18(25)15(20(30)28-26)9-17-19(12)34-11-16(27-22(32)33-23(2,3)4)21(31)29(17)10-13-5-7-14(24)8-6-13/h5-9,16H,10-11,26H2,1-4H3,(H,27,32)(H,28,30)/t16-/m0/s1. The van der Waals surface area contributed by atoms with Crippen LogP contribution in [0.15, 0.2) is 35.2 Å². The molecule has 3 rings (SSSR count). The van der Waals surface area contributed by atoms with Crippen molar-refractivity contribution in [2.24, 2.45) is 5.84 Å². The minimum Gasteiger partial charge on any atom is -0.444 e. The number of rotatable bonds is 4. The Morgan fingerprint density at radius 1 is 1.29 bits per heavy atom. The lowest BCUT2D eigenvalue weighted by atomic mass is 10.1. The number of fused-ring (bicyclic) bond motifs is 1. The minimum absolute atomic E-state index is 0.102. The van der Waals surface area contributed by atoms with Gasteiger partial charge in [-0.3, -0.25) is 15.0 Å². The van der Waals surface area contributed by atoms with Crippen LogP contribution in [0.4, 0.5) is 14.9 Å². The van der Waals surface area contributed by atoms with E-state index < -0.39 is 35.4 Å². The fourth-order valence-corrected chi connectivity index (χ4v) is 4.73. The Labute approximate surface area is 206 Å². The van der Waals surface area contributed by atoms with Gasteiger partial charge in [0.05, 0.1) is 17.8 Å². The Bertz CT molecular complexity index is 1120. The molecule has 0 aliphatic carbocycles. The summed E-state index contributed by atoms with van der Waals surface area (Å²) in [6, 6.07) is 7.24. The third kappa shape index (κ3) is 5.81. The number of carbonyl (C=O) groups excluding carboxylic acids is 3. The molecule has 8 nitrogen and oxygen atoms in total. The Morgan fingerprint density at radius 2 is 1.94 bits per heavy atom. The highest BCUT2D eigenvalue weighted by Gasteiger charge is 2.35. The maximum absolute atomic E-state index is 15.0. The molecule has 34 heavy (non-hydrogen) atoms. The number of anilines is 1. The molecule has 4 N–H and O–H groups in total. The molecule has 0 spiro atoms. The maximum atomic E-state index is 15.0. The fraction of sp³-hybridized carbons (Fsp3) is 0.348. The second-order valence-corrected chi connectivity index (χ2v) is 10.2. The van der Waals surface area contributed by atoms with Crippen molar-refractivity contribution in [1.82, 2.24) is 10.7 Å². The monoisotopic (exact) mass is 508 g/mol. The molecule has 1 aliphatic rings. The number of hydrazine groups is 1. The van der Waals surface area contributed by atoms with Gasteiger partial charge in [-0.2, -0.15) is 0 Å². The maximum Gasteiger partial charge on any atom is 0.408 e. The van der Waals surface area contributed by atoms with Crippen molar-refractivity contribution in [3.05, 3.63) is 57.9 Å². The zero-order valence-electron chi connectivity index (χ0n) is 19.2. The average Bonchev–Trinajstić information content (AvgIpc) is 2.88. The molecular weight excluding hydrogens is 483 g/mol. The highest BCUT2D eigenvalue weighted by Crippen LogP contribution is 2.40. The lowest BCUT2D eigenvalue weighted by molar-refractivity contribution is -0.120. The second-order valence-electron chi connectivity index (χ2n) is 8.75. The predicted molar refractivity (Wildman–Crippen MR) is 129 cm³/mol. The van der Waals surface area contributed by atoms with E-state index in [9.17, 15) is 14.4 Å². The number of ether oxygens (including phenoxy) is 1. The number of thioether (sulfide) groups is 1. The number of nitrogens with one attached hydrogen (secondary N) is 2. The van der Waals surface area contributed by atoms with E-state index in [1.165, 1.54) is 29.7 Å². The Balaban J connectivity index is 2.07. The summed E-state index contributed by atoms with van der Waals surface area (Å²) in [5, 5.41) is 3.15. The Hall–Kier alpha value is -2.82. The smallest absolute Gasteiger partial charge is 0.408 e. The summed E-state index contributed by atoms with van der Waals surface area (Å²) in [7, 11) is 0. The number of benzene rings is 2. The van der Waals surface area contributed by atoms with Gasteiger partial charge in [0.2, 0.25) is 0 Å². The zero-order valence-corrected chi connectivity index (χ0v) is 20.8. The van der Waals surface area contributed by atoms with Gasteiger partial charge >= 0.3 is 6.09 Å². The predicted octanol–water partition coefficient (Wildman–Crippen LogP) is 3.92. The first kappa shape index (κ1) is 25.8. The summed E-state index contributed by atoms with van der Waals surface area (Å²) in [6.07, 6.45) is -0.741. The van der Waals surface area contributed by atoms with E-state index in [1.807, 2.05) is 5.43 Å². The number of nitrogen functional groups attached to an aromatic ring is 1. The zero-order chi connectivity index (χ0) is 25.2. The van der Waals surface area contributed by atoms with E-state index >= 15 is 4.39 Å². The van der Waals surface area contributed by atoms with Crippen LogP contribution >= 0.6 is 23.4 Å². The highest BCUT2D eigenvalue weighted by molar-refractivity contribution is 7.99. The van der Waals surface area contributed by atoms with Crippen molar-refractivity contribution in [2.45, 2.75) is 50.8 Å². The van der Waals surface area contributed by atoms with Gasteiger partial charge in [-0.25, -0.2) is 15.0 Å². The lowest BCUT2D eigenvalue weighted by Gasteiger charge is -2.28. The lowest BCUT2D eigenvalue weighted by Crippen LogP contribution is -2.50. The van der Waals surface area contributed by atoms with E-state index in [0.29, 0.717) is 15.6 Å². The van der Waals surface area contributed by atoms with E-state index in [-0.39, 0.29) is 23.4 Å². The van der Waals surface area contributed by atoms with E-state index in [4.69, 9.17) is 22.2 Å². The summed E-state index contributed by atoms with van der Waals surface area (Å²) in [5.74, 6) is 3.39. The number of amides is 3. The van der Waals surface area contributed by atoms with Crippen LogP contribution in [0.5, 0.6) is 0 Å². The first-order valence-corrected chi connectivity index (χ1v) is 11.8. The SMILES string of the molecule is Cc1c(F)c(C(=O)NN)cc2c1SC[C@H](NC(=O)OC(C)(C)C)C(=O)N2Cc1ccc(Cl)cc1. The van der Waals surface area contributed by atoms with Gasteiger partial charge in [-0.15, -0.1) is 11.8 Å². The summed E-state index contributed by atoms with van der Waals surface area (Å²) >= 11 is 7.20. The summed E-state index contributed by atoms with van der Waals surface area (Å²) in [6.45, 7) is 6.78. The van der Waals surface area contributed by atoms with Gasteiger partial charge in [-0.05, 0) is 51.5 Å². The van der Waals surface area contributed by atoms with Crippen molar-refractivity contribution >= 4 is 47.0 Å². The van der Waals surface area contributed by atoms with Gasteiger partial charge < -0.3 is 15.0 Å². The van der Waals surface area contributed by atoms with E-state index in [0.717, 1.165) is 5.56 Å². The number of nitrogens with zero attached hydrogens (tertiary/aromatic N) is 1. The largest absolute Gasteiger partial charge is 0.444 e. The molecule has 0 saturated heterocycles. The highest BCUT2D eigenvalue weighted by atomic mass is 35.5. The first-order valence-electron chi connectivity index (χ1n) is 10.4. The van der Waals surface area contributed by atoms with Crippen LogP contribution in [-0.2, 0) is 16.1 Å². The van der Waals surface area contributed by atoms with Gasteiger partial charge in [0.1, 0.15) is 17.5 Å². The van der Waals surface area contributed by atoms with Crippen molar-refractivity contribution in [2.75, 3.05) is 10.7 Å². The molecule has 0 unspecified atom stereocenters. The molecule has 1 aliphatic heterocycles. The van der Waals surface area contributed by atoms with Crippen LogP contribution < -0.4 is 21.5 Å². The summed E-state index contributed by atoms with van der Waals surface area (Å²) < 4.78 is 20.3. The van der Waals surface area contributed by atoms with Crippen LogP contribution in [0.1, 0.15) is 42.3 Å². The molecule has 2 aromatic rings. The molecule has 3 amide bonds. The van der Waals surface area contributed by atoms with Gasteiger partial charge in [-0.1, -0.05) is 23.7 Å². The van der Waals surface area contributed by atoms with Crippen LogP contribution in [-0.4, -0.2) is 35.3 Å². The fourth-order valence-electron chi connectivity index (χ4n) is 3.42. The second kappa shape index (κ2) is 10.2. The molecule has 2 aromatic carbocycles. The molecule has 0 radical (unpaired) electrons. The van der Waals surface area contributed by atoms with Gasteiger partial charge in [0.15, 0.2) is 0 Å². The molecule has 0 aromatic heterocycles. The minimum atomic E-state index is -0.950. The number of hydrogen-bond donors (Lipinski definition) is 3. The third-order valence-corrected chi connectivity index (χ3v) is 6.55. The van der Waals surface area contributed by atoms with Crippen LogP contribution in [0.3, 0.4) is 0 Å². The molecule has 182 valence electrons. The van der Waals surface area contributed by atoms with Crippen molar-refractivity contribution < 1.29 is 23.5 Å². The molecule has 0 saturated carbocycles.